The second-order valence-corrected chi connectivity index (χ2v) is 14.7. The lowest BCUT2D eigenvalue weighted by Crippen LogP contribution is -2.64. The van der Waals surface area contributed by atoms with Gasteiger partial charge in [-0.3, -0.25) is 19.4 Å². The average molecular weight is 689 g/mol. The minimum atomic E-state index is -4.12. The van der Waals surface area contributed by atoms with Gasteiger partial charge in [0.05, 0.1) is 10.5 Å². The summed E-state index contributed by atoms with van der Waals surface area (Å²) in [4.78, 5) is 57.5. The third-order valence-electron chi connectivity index (χ3n) is 9.65. The van der Waals surface area contributed by atoms with E-state index in [4.69, 9.17) is 0 Å². The van der Waals surface area contributed by atoms with E-state index in [2.05, 4.69) is 15.0 Å². The Bertz CT molecular complexity index is 1760. The molecule has 5 rings (SSSR count). The Morgan fingerprint density at radius 3 is 2.41 bits per heavy atom. The van der Waals surface area contributed by atoms with Gasteiger partial charge in [0, 0.05) is 43.3 Å². The zero-order valence-electron chi connectivity index (χ0n) is 27.8. The Hall–Kier alpha value is -4.58. The fraction of sp³-hybridized carbons (Fsp3) is 0.432. The van der Waals surface area contributed by atoms with Crippen LogP contribution in [0.15, 0.2) is 78.0 Å². The molecule has 3 N–H and O–H groups in total. The first kappa shape index (κ1) is 35.7. The van der Waals surface area contributed by atoms with Gasteiger partial charge in [0.15, 0.2) is 0 Å². The monoisotopic (exact) mass is 688 g/mol. The van der Waals surface area contributed by atoms with Crippen molar-refractivity contribution in [1.29, 1.82) is 0 Å². The molecule has 1 aliphatic carbocycles. The van der Waals surface area contributed by atoms with Crippen molar-refractivity contribution in [3.63, 3.8) is 0 Å². The Morgan fingerprint density at radius 2 is 1.73 bits per heavy atom. The number of rotatable bonds is 14. The van der Waals surface area contributed by atoms with Crippen LogP contribution in [0.3, 0.4) is 0 Å². The Kier molecular flexibility index (Phi) is 11.5. The van der Waals surface area contributed by atoms with Gasteiger partial charge in [-0.25, -0.2) is 17.9 Å². The Morgan fingerprint density at radius 1 is 1.00 bits per heavy atom. The van der Waals surface area contributed by atoms with Crippen molar-refractivity contribution in [3.8, 4) is 11.1 Å². The molecular formula is C37H44N4O7S. The molecule has 1 aliphatic heterocycles. The molecular weight excluding hydrogens is 644 g/mol. The van der Waals surface area contributed by atoms with Crippen LogP contribution in [-0.2, 0) is 30.8 Å². The summed E-state index contributed by atoms with van der Waals surface area (Å²) in [6, 6.07) is 16.8. The summed E-state index contributed by atoms with van der Waals surface area (Å²) in [6.45, 7) is 2.12. The third kappa shape index (κ3) is 8.36. The molecule has 3 aromatic rings. The number of amides is 3. The van der Waals surface area contributed by atoms with Crippen molar-refractivity contribution < 1.29 is 32.7 Å². The molecule has 12 heteroatoms. The highest BCUT2D eigenvalue weighted by molar-refractivity contribution is 7.90. The summed E-state index contributed by atoms with van der Waals surface area (Å²) in [7, 11) is -4.12. The highest BCUT2D eigenvalue weighted by Crippen LogP contribution is 2.32. The Labute approximate surface area is 287 Å². The summed E-state index contributed by atoms with van der Waals surface area (Å²) in [5.41, 5.74) is 0.236. The van der Waals surface area contributed by atoms with Crippen LogP contribution >= 0.6 is 0 Å². The van der Waals surface area contributed by atoms with Crippen molar-refractivity contribution >= 4 is 33.7 Å². The fourth-order valence-electron chi connectivity index (χ4n) is 7.06. The number of carbonyl (C=O) groups excluding carboxylic acids is 3. The van der Waals surface area contributed by atoms with E-state index in [9.17, 15) is 32.7 Å². The number of aliphatic carboxylic acids is 1. The predicted molar refractivity (Wildman–Crippen MR) is 184 cm³/mol. The van der Waals surface area contributed by atoms with E-state index in [-0.39, 0.29) is 29.8 Å². The number of carboxylic acid groups (broad SMARTS) is 1. The second kappa shape index (κ2) is 15.8. The number of pyridine rings is 1. The minimum Gasteiger partial charge on any atom is -0.478 e. The molecule has 0 bridgehead atoms. The van der Waals surface area contributed by atoms with Gasteiger partial charge in [0.2, 0.25) is 17.5 Å². The lowest BCUT2D eigenvalue weighted by atomic mass is 9.92. The summed E-state index contributed by atoms with van der Waals surface area (Å²) in [5.74, 6) is -2.88. The number of benzene rings is 2. The number of likely N-dealkylation sites (tertiary alicyclic amines) is 1. The molecule has 49 heavy (non-hydrogen) atoms. The largest absolute Gasteiger partial charge is 0.478 e. The van der Waals surface area contributed by atoms with Crippen LogP contribution in [0.1, 0.15) is 87.1 Å². The molecule has 2 unspecified atom stereocenters. The van der Waals surface area contributed by atoms with Gasteiger partial charge in [-0.05, 0) is 60.9 Å². The van der Waals surface area contributed by atoms with Gasteiger partial charge in [-0.1, -0.05) is 81.5 Å². The number of carbonyl (C=O) groups is 4. The summed E-state index contributed by atoms with van der Waals surface area (Å²) in [5, 5.41) is 13.1. The van der Waals surface area contributed by atoms with Crippen LogP contribution in [-0.4, -0.2) is 59.3 Å². The van der Waals surface area contributed by atoms with Crippen molar-refractivity contribution in [2.45, 2.75) is 88.1 Å². The lowest BCUT2D eigenvalue weighted by molar-refractivity contribution is -0.154. The highest BCUT2D eigenvalue weighted by Gasteiger charge is 2.52. The van der Waals surface area contributed by atoms with Crippen LogP contribution in [0.2, 0.25) is 0 Å². The normalized spacial score (nSPS) is 18.6. The maximum Gasteiger partial charge on any atom is 0.350 e. The van der Waals surface area contributed by atoms with Crippen LogP contribution in [0.4, 0.5) is 0 Å². The van der Waals surface area contributed by atoms with Crippen LogP contribution < -0.4 is 10.0 Å². The molecule has 2 heterocycles. The quantitative estimate of drug-likeness (QED) is 0.205. The average Bonchev–Trinajstić information content (AvgIpc) is 3.78. The van der Waals surface area contributed by atoms with Gasteiger partial charge in [-0.2, -0.15) is 0 Å². The van der Waals surface area contributed by atoms with E-state index < -0.39 is 45.3 Å². The number of carboxylic acids is 1. The zero-order chi connectivity index (χ0) is 35.0. The standard InChI is InChI=1S/C37H44N4O7S/c1-2-9-29(34(43)39-37(36(45)46)21-8-23-41(37)35(44)30-12-7-22-38-25-30)24-27-15-18-28(19-16-27)31-13-5-6-14-32(31)49(47,48)40-33(42)20-17-26-10-3-4-11-26/h5-7,12-16,18-19,22,25-26,29H,2-4,8-11,17,20-21,23-24H2,1H3,(H,39,43)(H,40,42)(H,45,46). The van der Waals surface area contributed by atoms with E-state index in [1.165, 1.54) is 23.4 Å². The molecule has 2 atom stereocenters. The molecule has 0 spiro atoms. The van der Waals surface area contributed by atoms with E-state index in [1.807, 2.05) is 19.1 Å². The van der Waals surface area contributed by atoms with E-state index >= 15 is 0 Å². The summed E-state index contributed by atoms with van der Waals surface area (Å²) in [6.07, 6.45) is 10.2. The smallest absolute Gasteiger partial charge is 0.350 e. The Balaban J connectivity index is 1.29. The molecule has 2 aliphatic rings. The van der Waals surface area contributed by atoms with Gasteiger partial charge < -0.3 is 15.3 Å². The molecule has 11 nitrogen and oxygen atoms in total. The van der Waals surface area contributed by atoms with E-state index in [1.54, 1.807) is 42.5 Å². The number of nitrogens with zero attached hydrogens (tertiary/aromatic N) is 2. The first-order valence-electron chi connectivity index (χ1n) is 17.1. The number of hydrogen-bond donors (Lipinski definition) is 3. The van der Waals surface area contributed by atoms with Crippen molar-refractivity contribution in [2.24, 2.45) is 11.8 Å². The predicted octanol–water partition coefficient (Wildman–Crippen LogP) is 5.32. The molecule has 1 saturated carbocycles. The SMILES string of the molecule is CCCC(Cc1ccc(-c2ccccc2S(=O)(=O)NC(=O)CCC2CCCC2)cc1)C(=O)NC1(C(=O)O)CCCN1C(=O)c1cccnc1. The first-order valence-corrected chi connectivity index (χ1v) is 18.5. The maximum atomic E-state index is 13.7. The van der Waals surface area contributed by atoms with Crippen molar-refractivity contribution in [1.82, 2.24) is 19.9 Å². The van der Waals surface area contributed by atoms with Gasteiger partial charge >= 0.3 is 5.97 Å². The number of aromatic nitrogens is 1. The molecule has 1 aromatic heterocycles. The number of nitrogens with one attached hydrogen (secondary N) is 2. The fourth-order valence-corrected chi connectivity index (χ4v) is 8.30. The molecule has 2 aromatic carbocycles. The van der Waals surface area contributed by atoms with Gasteiger partial charge in [-0.15, -0.1) is 0 Å². The van der Waals surface area contributed by atoms with Crippen molar-refractivity contribution in [2.75, 3.05) is 6.54 Å². The highest BCUT2D eigenvalue weighted by atomic mass is 32.2. The minimum absolute atomic E-state index is 0.00104. The second-order valence-electron chi connectivity index (χ2n) is 13.1. The third-order valence-corrected chi connectivity index (χ3v) is 11.1. The molecule has 3 amide bonds. The van der Waals surface area contributed by atoms with E-state index in [0.29, 0.717) is 49.1 Å². The summed E-state index contributed by atoms with van der Waals surface area (Å²) < 4.78 is 28.9. The topological polar surface area (TPSA) is 163 Å². The molecule has 0 radical (unpaired) electrons. The van der Waals surface area contributed by atoms with Gasteiger partial charge in [0.25, 0.3) is 15.9 Å². The van der Waals surface area contributed by atoms with Crippen LogP contribution in [0.25, 0.3) is 11.1 Å². The number of hydrogen-bond acceptors (Lipinski definition) is 7. The molecule has 1 saturated heterocycles. The van der Waals surface area contributed by atoms with Gasteiger partial charge in [0.1, 0.15) is 0 Å². The molecule has 260 valence electrons. The van der Waals surface area contributed by atoms with Crippen LogP contribution in [0.5, 0.6) is 0 Å². The lowest BCUT2D eigenvalue weighted by Gasteiger charge is -2.36. The van der Waals surface area contributed by atoms with E-state index in [0.717, 1.165) is 31.2 Å². The number of sulfonamides is 1. The van der Waals surface area contributed by atoms with Crippen LogP contribution in [0, 0.1) is 11.8 Å². The summed E-state index contributed by atoms with van der Waals surface area (Å²) >= 11 is 0. The first-order chi connectivity index (χ1) is 23.5. The zero-order valence-corrected chi connectivity index (χ0v) is 28.6. The maximum absolute atomic E-state index is 13.7. The van der Waals surface area contributed by atoms with Crippen molar-refractivity contribution in [3.05, 3.63) is 84.2 Å². The molecule has 2 fully saturated rings.